The zero-order chi connectivity index (χ0) is 15.3. The second-order valence-corrected chi connectivity index (χ2v) is 6.67. The van der Waals surface area contributed by atoms with Gasteiger partial charge in [-0.15, -0.1) is 0 Å². The van der Waals surface area contributed by atoms with Crippen LogP contribution >= 0.6 is 11.6 Å². The van der Waals surface area contributed by atoms with Crippen LogP contribution in [0, 0.1) is 0 Å². The molecule has 2 aromatic rings. The van der Waals surface area contributed by atoms with Gasteiger partial charge in [0.1, 0.15) is 0 Å². The number of hydrogen-bond donors (Lipinski definition) is 0. The molecule has 6 heteroatoms. The Bertz CT molecular complexity index is 640. The Balaban J connectivity index is 1.91. The molecule has 0 atom stereocenters. The Hall–Kier alpha value is -1.30. The normalized spacial score (nSPS) is 20.0. The van der Waals surface area contributed by atoms with Crippen molar-refractivity contribution in [1.29, 1.82) is 0 Å². The van der Waals surface area contributed by atoms with Crippen molar-refractivity contribution in [3.63, 3.8) is 0 Å². The quantitative estimate of drug-likeness (QED) is 0.801. The molecule has 0 aliphatic carbocycles. The van der Waals surface area contributed by atoms with Gasteiger partial charge in [-0.2, -0.15) is 0 Å². The molecular formula is C15H18BClN2O2. The van der Waals surface area contributed by atoms with Crippen LogP contribution in [0.3, 0.4) is 0 Å². The first-order valence-electron chi connectivity index (χ1n) is 6.94. The van der Waals surface area contributed by atoms with E-state index in [1.807, 2.05) is 56.7 Å². The van der Waals surface area contributed by atoms with Crippen LogP contribution in [0.4, 0.5) is 0 Å². The summed E-state index contributed by atoms with van der Waals surface area (Å²) in [6, 6.07) is 5.82. The topological polar surface area (TPSA) is 36.3 Å². The SMILES string of the molecule is CC1(C)OB(c2ccc(-n3ccnc3)cc2Cl)OC1(C)C. The van der Waals surface area contributed by atoms with Crippen LogP contribution in [-0.4, -0.2) is 27.9 Å². The predicted octanol–water partition coefficient (Wildman–Crippen LogP) is 2.82. The van der Waals surface area contributed by atoms with Crippen LogP contribution < -0.4 is 5.46 Å². The van der Waals surface area contributed by atoms with Crippen LogP contribution in [0.5, 0.6) is 0 Å². The van der Waals surface area contributed by atoms with E-state index >= 15 is 0 Å². The van der Waals surface area contributed by atoms with E-state index in [4.69, 9.17) is 20.9 Å². The van der Waals surface area contributed by atoms with Crippen molar-refractivity contribution < 1.29 is 9.31 Å². The molecule has 1 fully saturated rings. The van der Waals surface area contributed by atoms with Crippen molar-refractivity contribution in [2.45, 2.75) is 38.9 Å². The maximum Gasteiger partial charge on any atom is 0.496 e. The molecule has 110 valence electrons. The van der Waals surface area contributed by atoms with Crippen molar-refractivity contribution in [2.24, 2.45) is 0 Å². The summed E-state index contributed by atoms with van der Waals surface area (Å²) in [5.74, 6) is 0. The van der Waals surface area contributed by atoms with Gasteiger partial charge in [-0.25, -0.2) is 4.98 Å². The lowest BCUT2D eigenvalue weighted by molar-refractivity contribution is 0.00578. The van der Waals surface area contributed by atoms with Gasteiger partial charge in [0.2, 0.25) is 0 Å². The van der Waals surface area contributed by atoms with Crippen LogP contribution in [0.1, 0.15) is 27.7 Å². The van der Waals surface area contributed by atoms with Crippen LogP contribution in [0.2, 0.25) is 5.02 Å². The fourth-order valence-corrected chi connectivity index (χ4v) is 2.51. The van der Waals surface area contributed by atoms with E-state index < -0.39 is 7.12 Å². The molecule has 0 saturated carbocycles. The molecule has 0 N–H and O–H groups in total. The monoisotopic (exact) mass is 304 g/mol. The van der Waals surface area contributed by atoms with Crippen LogP contribution in [-0.2, 0) is 9.31 Å². The molecule has 0 radical (unpaired) electrons. The maximum atomic E-state index is 6.42. The van der Waals surface area contributed by atoms with Crippen molar-refractivity contribution in [3.8, 4) is 5.69 Å². The summed E-state index contributed by atoms with van der Waals surface area (Å²) in [6.45, 7) is 8.11. The first-order chi connectivity index (χ1) is 9.80. The van der Waals surface area contributed by atoms with Crippen molar-refractivity contribution >= 4 is 24.2 Å². The van der Waals surface area contributed by atoms with Gasteiger partial charge < -0.3 is 13.9 Å². The minimum atomic E-state index is -0.445. The lowest BCUT2D eigenvalue weighted by Gasteiger charge is -2.32. The van der Waals surface area contributed by atoms with Crippen LogP contribution in [0.15, 0.2) is 36.9 Å². The van der Waals surface area contributed by atoms with Gasteiger partial charge in [0, 0.05) is 28.6 Å². The molecule has 0 amide bonds. The molecule has 1 aliphatic heterocycles. The van der Waals surface area contributed by atoms with E-state index in [0.717, 1.165) is 11.2 Å². The average Bonchev–Trinajstić information content (AvgIpc) is 2.96. The second kappa shape index (κ2) is 4.87. The minimum Gasteiger partial charge on any atom is -0.399 e. The minimum absolute atomic E-state index is 0.371. The highest BCUT2D eigenvalue weighted by atomic mass is 35.5. The van der Waals surface area contributed by atoms with Gasteiger partial charge in [-0.3, -0.25) is 0 Å². The van der Waals surface area contributed by atoms with Crippen molar-refractivity contribution in [2.75, 3.05) is 0 Å². The van der Waals surface area contributed by atoms with E-state index in [0.29, 0.717) is 5.02 Å². The number of benzene rings is 1. The molecule has 0 bridgehead atoms. The number of nitrogens with zero attached hydrogens (tertiary/aromatic N) is 2. The summed E-state index contributed by atoms with van der Waals surface area (Å²) < 4.78 is 14.0. The van der Waals surface area contributed by atoms with Gasteiger partial charge in [-0.05, 0) is 39.8 Å². The third kappa shape index (κ3) is 2.50. The van der Waals surface area contributed by atoms with E-state index in [9.17, 15) is 0 Å². The molecule has 0 spiro atoms. The Morgan fingerprint density at radius 3 is 2.33 bits per heavy atom. The first-order valence-corrected chi connectivity index (χ1v) is 7.31. The summed E-state index contributed by atoms with van der Waals surface area (Å²) in [7, 11) is -0.445. The molecule has 4 nitrogen and oxygen atoms in total. The van der Waals surface area contributed by atoms with Gasteiger partial charge in [0.25, 0.3) is 0 Å². The summed E-state index contributed by atoms with van der Waals surface area (Å²) in [5, 5.41) is 0.625. The lowest BCUT2D eigenvalue weighted by Crippen LogP contribution is -2.41. The maximum absolute atomic E-state index is 6.42. The summed E-state index contributed by atoms with van der Waals surface area (Å²) in [4.78, 5) is 4.04. The summed E-state index contributed by atoms with van der Waals surface area (Å²) in [5.41, 5.74) is 1.06. The fraction of sp³-hybridized carbons (Fsp3) is 0.400. The fourth-order valence-electron chi connectivity index (χ4n) is 2.25. The highest BCUT2D eigenvalue weighted by Crippen LogP contribution is 2.37. The molecular weight excluding hydrogens is 286 g/mol. The molecule has 21 heavy (non-hydrogen) atoms. The van der Waals surface area contributed by atoms with Crippen molar-refractivity contribution in [1.82, 2.24) is 9.55 Å². The van der Waals surface area contributed by atoms with Gasteiger partial charge in [0.15, 0.2) is 0 Å². The second-order valence-electron chi connectivity index (χ2n) is 6.26. The third-order valence-electron chi connectivity index (χ3n) is 4.29. The molecule has 1 aromatic carbocycles. The summed E-state index contributed by atoms with van der Waals surface area (Å²) in [6.07, 6.45) is 5.34. The third-order valence-corrected chi connectivity index (χ3v) is 4.62. The zero-order valence-electron chi connectivity index (χ0n) is 12.6. The smallest absolute Gasteiger partial charge is 0.399 e. The highest BCUT2D eigenvalue weighted by Gasteiger charge is 2.52. The van der Waals surface area contributed by atoms with Crippen LogP contribution in [0.25, 0.3) is 5.69 Å². The van der Waals surface area contributed by atoms with E-state index in [1.54, 1.807) is 12.5 Å². The number of aromatic nitrogens is 2. The molecule has 3 rings (SSSR count). The highest BCUT2D eigenvalue weighted by molar-refractivity contribution is 6.65. The Kier molecular flexibility index (Phi) is 3.39. The number of halogens is 1. The number of rotatable bonds is 2. The largest absolute Gasteiger partial charge is 0.496 e. The molecule has 0 unspecified atom stereocenters. The zero-order valence-corrected chi connectivity index (χ0v) is 13.4. The molecule has 1 aromatic heterocycles. The molecule has 2 heterocycles. The number of hydrogen-bond acceptors (Lipinski definition) is 3. The molecule has 1 saturated heterocycles. The van der Waals surface area contributed by atoms with E-state index in [1.165, 1.54) is 0 Å². The van der Waals surface area contributed by atoms with Gasteiger partial charge in [0.05, 0.1) is 17.5 Å². The Morgan fingerprint density at radius 1 is 1.14 bits per heavy atom. The first kappa shape index (κ1) is 14.6. The van der Waals surface area contributed by atoms with E-state index in [2.05, 4.69) is 4.98 Å². The predicted molar refractivity (Wildman–Crippen MR) is 84.3 cm³/mol. The lowest BCUT2D eigenvalue weighted by atomic mass is 9.79. The van der Waals surface area contributed by atoms with E-state index in [-0.39, 0.29) is 11.2 Å². The Labute approximate surface area is 130 Å². The van der Waals surface area contributed by atoms with Crippen molar-refractivity contribution in [3.05, 3.63) is 41.9 Å². The Morgan fingerprint density at radius 2 is 1.81 bits per heavy atom. The average molecular weight is 305 g/mol. The van der Waals surface area contributed by atoms with Gasteiger partial charge in [-0.1, -0.05) is 17.7 Å². The summed E-state index contributed by atoms with van der Waals surface area (Å²) >= 11 is 6.42. The van der Waals surface area contributed by atoms with Gasteiger partial charge >= 0.3 is 7.12 Å². The standard InChI is InChI=1S/C15H18BClN2O2/c1-14(2)15(3,4)21-16(20-14)12-6-5-11(9-13(12)17)19-8-7-18-10-19/h5-10H,1-4H3. The number of imidazole rings is 1. The molecule has 1 aliphatic rings.